The van der Waals surface area contributed by atoms with Gasteiger partial charge in [-0.1, -0.05) is 43.2 Å². The lowest BCUT2D eigenvalue weighted by atomic mass is 10.1. The van der Waals surface area contributed by atoms with Gasteiger partial charge in [0, 0.05) is 11.8 Å². The SMILES string of the molecule is CCCCOc1ccc(C=CC(=O)Nc2ccc(C)cc2C)cc1. The van der Waals surface area contributed by atoms with Gasteiger partial charge in [-0.25, -0.2) is 0 Å². The number of hydrogen-bond acceptors (Lipinski definition) is 2. The fraction of sp³-hybridized carbons (Fsp3) is 0.286. The summed E-state index contributed by atoms with van der Waals surface area (Å²) in [6.07, 6.45) is 5.53. The second kappa shape index (κ2) is 8.92. The quantitative estimate of drug-likeness (QED) is 0.566. The van der Waals surface area contributed by atoms with Crippen molar-refractivity contribution in [1.82, 2.24) is 0 Å². The van der Waals surface area contributed by atoms with Gasteiger partial charge in [0.25, 0.3) is 0 Å². The molecule has 0 radical (unpaired) electrons. The van der Waals surface area contributed by atoms with Crippen LogP contribution in [-0.2, 0) is 4.79 Å². The van der Waals surface area contributed by atoms with Gasteiger partial charge in [-0.05, 0) is 55.7 Å². The van der Waals surface area contributed by atoms with E-state index >= 15 is 0 Å². The highest BCUT2D eigenvalue weighted by Gasteiger charge is 2.01. The van der Waals surface area contributed by atoms with Gasteiger partial charge in [-0.3, -0.25) is 4.79 Å². The maximum atomic E-state index is 12.0. The molecule has 0 spiro atoms. The number of anilines is 1. The topological polar surface area (TPSA) is 38.3 Å². The molecule has 0 atom stereocenters. The third kappa shape index (κ3) is 5.58. The molecule has 1 amide bonds. The Labute approximate surface area is 144 Å². The minimum Gasteiger partial charge on any atom is -0.494 e. The Kier molecular flexibility index (Phi) is 6.62. The summed E-state index contributed by atoms with van der Waals surface area (Å²) in [5.74, 6) is 0.727. The molecule has 126 valence electrons. The van der Waals surface area contributed by atoms with E-state index in [1.54, 1.807) is 12.2 Å². The van der Waals surface area contributed by atoms with Gasteiger partial charge in [0.15, 0.2) is 0 Å². The molecule has 0 aliphatic heterocycles. The Hall–Kier alpha value is -2.55. The largest absolute Gasteiger partial charge is 0.494 e. The molecule has 0 saturated carbocycles. The first kappa shape index (κ1) is 17.8. The van der Waals surface area contributed by atoms with Crippen LogP contribution in [0.3, 0.4) is 0 Å². The van der Waals surface area contributed by atoms with E-state index in [4.69, 9.17) is 4.74 Å². The molecule has 0 aliphatic carbocycles. The summed E-state index contributed by atoms with van der Waals surface area (Å²) < 4.78 is 5.63. The third-order valence-electron chi connectivity index (χ3n) is 3.71. The van der Waals surface area contributed by atoms with Crippen LogP contribution in [0.15, 0.2) is 48.5 Å². The fourth-order valence-corrected chi connectivity index (χ4v) is 2.31. The summed E-state index contributed by atoms with van der Waals surface area (Å²) in [6, 6.07) is 13.7. The number of amides is 1. The van der Waals surface area contributed by atoms with Crippen molar-refractivity contribution in [3.8, 4) is 5.75 Å². The minimum atomic E-state index is -0.134. The highest BCUT2D eigenvalue weighted by atomic mass is 16.5. The highest BCUT2D eigenvalue weighted by molar-refractivity contribution is 6.02. The number of nitrogens with one attached hydrogen (secondary N) is 1. The standard InChI is InChI=1S/C21H25NO2/c1-4-5-14-24-19-10-7-18(8-11-19)9-13-21(23)22-20-12-6-16(2)15-17(20)3/h6-13,15H,4-5,14H2,1-3H3,(H,22,23). The lowest BCUT2D eigenvalue weighted by Gasteiger charge is -2.07. The summed E-state index contributed by atoms with van der Waals surface area (Å²) in [6.45, 7) is 6.90. The molecule has 2 aromatic carbocycles. The molecule has 3 nitrogen and oxygen atoms in total. The fourth-order valence-electron chi connectivity index (χ4n) is 2.31. The molecular formula is C21H25NO2. The van der Waals surface area contributed by atoms with Crippen LogP contribution in [-0.4, -0.2) is 12.5 Å². The molecule has 2 rings (SSSR count). The van der Waals surface area contributed by atoms with Crippen LogP contribution >= 0.6 is 0 Å². The van der Waals surface area contributed by atoms with Gasteiger partial charge < -0.3 is 10.1 Å². The Morgan fingerprint density at radius 2 is 1.88 bits per heavy atom. The lowest BCUT2D eigenvalue weighted by molar-refractivity contribution is -0.111. The zero-order chi connectivity index (χ0) is 17.4. The number of carbonyl (C=O) groups is 1. The smallest absolute Gasteiger partial charge is 0.248 e. The summed E-state index contributed by atoms with van der Waals surface area (Å²) in [4.78, 5) is 12.0. The first-order chi connectivity index (χ1) is 11.6. The normalized spacial score (nSPS) is 10.8. The molecule has 3 heteroatoms. The molecule has 0 heterocycles. The predicted octanol–water partition coefficient (Wildman–Crippen LogP) is 5.13. The van der Waals surface area contributed by atoms with Gasteiger partial charge in [-0.2, -0.15) is 0 Å². The second-order valence-corrected chi connectivity index (χ2v) is 5.91. The number of rotatable bonds is 7. The first-order valence-corrected chi connectivity index (χ1v) is 8.37. The molecule has 0 unspecified atom stereocenters. The first-order valence-electron chi connectivity index (χ1n) is 8.37. The van der Waals surface area contributed by atoms with Crippen LogP contribution in [0, 0.1) is 13.8 Å². The van der Waals surface area contributed by atoms with E-state index in [1.165, 1.54) is 5.56 Å². The zero-order valence-electron chi connectivity index (χ0n) is 14.6. The van der Waals surface area contributed by atoms with Gasteiger partial charge in [0.1, 0.15) is 5.75 Å². The van der Waals surface area contributed by atoms with Gasteiger partial charge in [0.05, 0.1) is 6.61 Å². The Balaban J connectivity index is 1.91. The average molecular weight is 323 g/mol. The van der Waals surface area contributed by atoms with Crippen molar-refractivity contribution in [3.05, 3.63) is 65.2 Å². The highest BCUT2D eigenvalue weighted by Crippen LogP contribution is 2.17. The van der Waals surface area contributed by atoms with Crippen molar-refractivity contribution in [1.29, 1.82) is 0 Å². The molecule has 0 bridgehead atoms. The summed E-state index contributed by atoms with van der Waals surface area (Å²) in [7, 11) is 0. The van der Waals surface area contributed by atoms with E-state index in [9.17, 15) is 4.79 Å². The van der Waals surface area contributed by atoms with Crippen LogP contribution in [0.4, 0.5) is 5.69 Å². The van der Waals surface area contributed by atoms with Crippen molar-refractivity contribution < 1.29 is 9.53 Å². The molecule has 0 saturated heterocycles. The number of hydrogen-bond donors (Lipinski definition) is 1. The molecule has 2 aromatic rings. The van der Waals surface area contributed by atoms with Crippen LogP contribution in [0.25, 0.3) is 6.08 Å². The van der Waals surface area contributed by atoms with Crippen molar-refractivity contribution in [2.24, 2.45) is 0 Å². The number of unbranched alkanes of at least 4 members (excludes halogenated alkanes) is 1. The van der Waals surface area contributed by atoms with Crippen molar-refractivity contribution in [3.63, 3.8) is 0 Å². The number of benzene rings is 2. The van der Waals surface area contributed by atoms with Gasteiger partial charge in [0.2, 0.25) is 5.91 Å². The van der Waals surface area contributed by atoms with Crippen LogP contribution in [0.1, 0.15) is 36.5 Å². The summed E-state index contributed by atoms with van der Waals surface area (Å²) in [5.41, 5.74) is 4.05. The number of ether oxygens (including phenoxy) is 1. The third-order valence-corrected chi connectivity index (χ3v) is 3.71. The number of carbonyl (C=O) groups excluding carboxylic acids is 1. The molecular weight excluding hydrogens is 298 g/mol. The number of aryl methyl sites for hydroxylation is 2. The zero-order valence-corrected chi connectivity index (χ0v) is 14.6. The van der Waals surface area contributed by atoms with E-state index in [0.29, 0.717) is 0 Å². The lowest BCUT2D eigenvalue weighted by Crippen LogP contribution is -2.08. The van der Waals surface area contributed by atoms with Crippen LogP contribution in [0.5, 0.6) is 5.75 Å². The Bertz CT molecular complexity index is 702. The van der Waals surface area contributed by atoms with Gasteiger partial charge >= 0.3 is 0 Å². The van der Waals surface area contributed by atoms with Crippen molar-refractivity contribution >= 4 is 17.7 Å². The molecule has 0 aliphatic rings. The molecule has 24 heavy (non-hydrogen) atoms. The van der Waals surface area contributed by atoms with E-state index in [0.717, 1.165) is 42.0 Å². The summed E-state index contributed by atoms with van der Waals surface area (Å²) in [5, 5.41) is 2.90. The molecule has 0 aromatic heterocycles. The average Bonchev–Trinajstić information content (AvgIpc) is 2.57. The van der Waals surface area contributed by atoms with Crippen LogP contribution < -0.4 is 10.1 Å². The van der Waals surface area contributed by atoms with Crippen molar-refractivity contribution in [2.75, 3.05) is 11.9 Å². The van der Waals surface area contributed by atoms with E-state index < -0.39 is 0 Å². The monoisotopic (exact) mass is 323 g/mol. The van der Waals surface area contributed by atoms with Gasteiger partial charge in [-0.15, -0.1) is 0 Å². The van der Waals surface area contributed by atoms with E-state index in [2.05, 4.69) is 18.3 Å². The Morgan fingerprint density at radius 1 is 1.12 bits per heavy atom. The minimum absolute atomic E-state index is 0.134. The van der Waals surface area contributed by atoms with E-state index in [-0.39, 0.29) is 5.91 Å². The van der Waals surface area contributed by atoms with Crippen LogP contribution in [0.2, 0.25) is 0 Å². The maximum Gasteiger partial charge on any atom is 0.248 e. The second-order valence-electron chi connectivity index (χ2n) is 5.91. The Morgan fingerprint density at radius 3 is 2.54 bits per heavy atom. The van der Waals surface area contributed by atoms with E-state index in [1.807, 2.05) is 50.2 Å². The predicted molar refractivity (Wildman–Crippen MR) is 100 cm³/mol. The summed E-state index contributed by atoms with van der Waals surface area (Å²) >= 11 is 0. The molecule has 0 fully saturated rings. The van der Waals surface area contributed by atoms with Crippen molar-refractivity contribution in [2.45, 2.75) is 33.6 Å². The molecule has 1 N–H and O–H groups in total. The maximum absolute atomic E-state index is 12.0.